The second-order valence-corrected chi connectivity index (χ2v) is 6.70. The third-order valence-corrected chi connectivity index (χ3v) is 4.86. The fourth-order valence-corrected chi connectivity index (χ4v) is 3.57. The van der Waals surface area contributed by atoms with Crippen molar-refractivity contribution in [2.24, 2.45) is 0 Å². The molecule has 0 spiro atoms. The molecule has 0 bridgehead atoms. The highest BCUT2D eigenvalue weighted by atomic mass is 32.2. The Balaban J connectivity index is 2.30. The van der Waals surface area contributed by atoms with Gasteiger partial charge in [0, 0.05) is 12.6 Å². The van der Waals surface area contributed by atoms with Crippen LogP contribution in [0, 0.1) is 11.3 Å². The monoisotopic (exact) mass is 333 g/mol. The lowest BCUT2D eigenvalue weighted by molar-refractivity contribution is -0.137. The van der Waals surface area contributed by atoms with Crippen LogP contribution >= 0.6 is 0 Å². The topological polar surface area (TPSA) is 82.0 Å². The van der Waals surface area contributed by atoms with Gasteiger partial charge in [0.05, 0.1) is 22.1 Å². The number of benzene rings is 1. The van der Waals surface area contributed by atoms with Gasteiger partial charge in [0.1, 0.15) is 0 Å². The minimum absolute atomic E-state index is 0.313. The molecule has 0 amide bonds. The van der Waals surface area contributed by atoms with Crippen molar-refractivity contribution in [1.29, 1.82) is 5.26 Å². The van der Waals surface area contributed by atoms with Gasteiger partial charge in [-0.3, -0.25) is 0 Å². The lowest BCUT2D eigenvalue weighted by atomic mass is 10.1. The molecule has 0 unspecified atom stereocenters. The summed E-state index contributed by atoms with van der Waals surface area (Å²) in [5, 5.41) is 11.9. The van der Waals surface area contributed by atoms with Crippen LogP contribution in [0.3, 0.4) is 0 Å². The Labute approximate surface area is 126 Å². The van der Waals surface area contributed by atoms with Gasteiger partial charge in [0.2, 0.25) is 10.0 Å². The molecule has 1 aliphatic rings. The molecule has 2 N–H and O–H groups in total. The Morgan fingerprint density at radius 3 is 2.64 bits per heavy atom. The number of hydrogen-bond donors (Lipinski definition) is 2. The van der Waals surface area contributed by atoms with Gasteiger partial charge in [-0.05, 0) is 37.6 Å². The largest absolute Gasteiger partial charge is 0.417 e. The first-order valence-electron chi connectivity index (χ1n) is 6.58. The molecule has 0 aromatic heterocycles. The van der Waals surface area contributed by atoms with E-state index in [-0.39, 0.29) is 10.9 Å². The first-order valence-corrected chi connectivity index (χ1v) is 8.07. The maximum atomic E-state index is 12.7. The van der Waals surface area contributed by atoms with Crippen LogP contribution < -0.4 is 10.0 Å². The van der Waals surface area contributed by atoms with Crippen LogP contribution in [0.2, 0.25) is 0 Å². The Hall–Kier alpha value is -1.63. The maximum Gasteiger partial charge on any atom is 0.417 e. The van der Waals surface area contributed by atoms with Gasteiger partial charge >= 0.3 is 6.18 Å². The average Bonchev–Trinajstić information content (AvgIpc) is 2.46. The highest BCUT2D eigenvalue weighted by molar-refractivity contribution is 7.89. The number of halogens is 3. The lowest BCUT2D eigenvalue weighted by Gasteiger charge is -2.23. The van der Waals surface area contributed by atoms with Crippen LogP contribution in [0.25, 0.3) is 0 Å². The zero-order valence-corrected chi connectivity index (χ0v) is 12.3. The van der Waals surface area contributed by atoms with E-state index in [4.69, 9.17) is 5.26 Å². The molecule has 1 atom stereocenters. The van der Waals surface area contributed by atoms with E-state index in [1.807, 2.05) is 0 Å². The Bertz CT molecular complexity index is 689. The van der Waals surface area contributed by atoms with Crippen molar-refractivity contribution in [3.8, 4) is 6.07 Å². The predicted molar refractivity (Wildman–Crippen MR) is 72.4 cm³/mol. The third-order valence-electron chi connectivity index (χ3n) is 3.35. The number of rotatable bonds is 3. The van der Waals surface area contributed by atoms with Crippen molar-refractivity contribution in [3.05, 3.63) is 29.3 Å². The summed E-state index contributed by atoms with van der Waals surface area (Å²) in [4.78, 5) is -0.345. The van der Waals surface area contributed by atoms with E-state index in [1.54, 1.807) is 0 Å². The minimum Gasteiger partial charge on any atom is -0.315 e. The summed E-state index contributed by atoms with van der Waals surface area (Å²) in [5.74, 6) is 0. The predicted octanol–water partition coefficient (Wildman–Crippen LogP) is 1.61. The maximum absolute atomic E-state index is 12.7. The van der Waals surface area contributed by atoms with Crippen molar-refractivity contribution in [1.82, 2.24) is 10.0 Å². The van der Waals surface area contributed by atoms with E-state index >= 15 is 0 Å². The Morgan fingerprint density at radius 1 is 1.36 bits per heavy atom. The first kappa shape index (κ1) is 16.7. The molecule has 5 nitrogen and oxygen atoms in total. The van der Waals surface area contributed by atoms with E-state index in [1.165, 1.54) is 6.07 Å². The van der Waals surface area contributed by atoms with Gasteiger partial charge in [0.25, 0.3) is 0 Å². The van der Waals surface area contributed by atoms with Crippen LogP contribution in [0.1, 0.15) is 24.0 Å². The van der Waals surface area contributed by atoms with E-state index in [0.717, 1.165) is 25.1 Å². The van der Waals surface area contributed by atoms with Crippen molar-refractivity contribution >= 4 is 10.0 Å². The lowest BCUT2D eigenvalue weighted by Crippen LogP contribution is -2.45. The summed E-state index contributed by atoms with van der Waals surface area (Å²) < 4.78 is 65.0. The number of piperidine rings is 1. The fraction of sp³-hybridized carbons (Fsp3) is 0.462. The Morgan fingerprint density at radius 2 is 2.09 bits per heavy atom. The van der Waals surface area contributed by atoms with Gasteiger partial charge in [-0.2, -0.15) is 18.4 Å². The summed E-state index contributed by atoms with van der Waals surface area (Å²) in [6.07, 6.45) is -3.24. The van der Waals surface area contributed by atoms with Crippen molar-refractivity contribution in [2.75, 3.05) is 13.1 Å². The number of hydrogen-bond acceptors (Lipinski definition) is 4. The summed E-state index contributed by atoms with van der Waals surface area (Å²) in [6, 6.07) is 3.31. The molecule has 0 aliphatic carbocycles. The van der Waals surface area contributed by atoms with Crippen LogP contribution in [-0.4, -0.2) is 27.5 Å². The molecule has 1 aromatic rings. The molecular weight excluding hydrogens is 319 g/mol. The molecule has 2 rings (SSSR count). The second kappa shape index (κ2) is 6.24. The molecule has 9 heteroatoms. The smallest absolute Gasteiger partial charge is 0.315 e. The molecule has 0 radical (unpaired) electrons. The van der Waals surface area contributed by atoms with Gasteiger partial charge in [-0.25, -0.2) is 13.1 Å². The third kappa shape index (κ3) is 3.76. The summed E-state index contributed by atoms with van der Waals surface area (Å²) in [5.41, 5.74) is -1.86. The number of sulfonamides is 1. The van der Waals surface area contributed by atoms with Gasteiger partial charge < -0.3 is 5.32 Å². The zero-order valence-electron chi connectivity index (χ0n) is 11.4. The van der Waals surface area contributed by atoms with Crippen molar-refractivity contribution < 1.29 is 21.6 Å². The highest BCUT2D eigenvalue weighted by Gasteiger charge is 2.34. The fourth-order valence-electron chi connectivity index (χ4n) is 2.27. The summed E-state index contributed by atoms with van der Waals surface area (Å²) >= 11 is 0. The molecule has 22 heavy (non-hydrogen) atoms. The minimum atomic E-state index is -4.70. The van der Waals surface area contributed by atoms with E-state index in [2.05, 4.69) is 10.0 Å². The van der Waals surface area contributed by atoms with Crippen LogP contribution in [0.4, 0.5) is 13.2 Å². The van der Waals surface area contributed by atoms with E-state index in [0.29, 0.717) is 19.0 Å². The Kier molecular flexibility index (Phi) is 4.75. The zero-order chi connectivity index (χ0) is 16.4. The van der Waals surface area contributed by atoms with Crippen LogP contribution in [0.5, 0.6) is 0 Å². The van der Waals surface area contributed by atoms with Gasteiger partial charge in [-0.1, -0.05) is 0 Å². The normalized spacial score (nSPS) is 19.6. The summed E-state index contributed by atoms with van der Waals surface area (Å²) in [6.45, 7) is 1.27. The number of nitrogens with one attached hydrogen (secondary N) is 2. The molecule has 1 aliphatic heterocycles. The first-order chi connectivity index (χ1) is 10.2. The number of nitrogens with zero attached hydrogens (tertiary/aromatic N) is 1. The molecule has 1 heterocycles. The SMILES string of the molecule is N#Cc1cc(S(=O)(=O)N[C@H]2CCCNC2)ccc1C(F)(F)F. The van der Waals surface area contributed by atoms with Crippen molar-refractivity contribution in [2.45, 2.75) is 30.0 Å². The van der Waals surface area contributed by atoms with E-state index in [9.17, 15) is 21.6 Å². The molecular formula is C13H14F3N3O2S. The van der Waals surface area contributed by atoms with Gasteiger partial charge in [-0.15, -0.1) is 0 Å². The van der Waals surface area contributed by atoms with Crippen LogP contribution in [0.15, 0.2) is 23.1 Å². The highest BCUT2D eigenvalue weighted by Crippen LogP contribution is 2.32. The molecule has 1 fully saturated rings. The molecule has 1 aromatic carbocycles. The molecule has 120 valence electrons. The second-order valence-electron chi connectivity index (χ2n) is 4.98. The van der Waals surface area contributed by atoms with Crippen molar-refractivity contribution in [3.63, 3.8) is 0 Å². The van der Waals surface area contributed by atoms with Crippen LogP contribution in [-0.2, 0) is 16.2 Å². The summed E-state index contributed by atoms with van der Waals surface area (Å²) in [7, 11) is -3.96. The van der Waals surface area contributed by atoms with Gasteiger partial charge in [0.15, 0.2) is 0 Å². The quantitative estimate of drug-likeness (QED) is 0.880. The number of nitriles is 1. The standard InChI is InChI=1S/C13H14F3N3O2S/c14-13(15,16)12-4-3-11(6-9(12)7-17)22(20,21)19-10-2-1-5-18-8-10/h3-4,6,10,18-19H,1-2,5,8H2/t10-/m0/s1. The molecule has 1 saturated heterocycles. The van der Waals surface area contributed by atoms with E-state index < -0.39 is 27.3 Å². The number of alkyl halides is 3. The molecule has 0 saturated carbocycles. The average molecular weight is 333 g/mol.